The number of carbonyl (C=O) groups is 2. The Morgan fingerprint density at radius 3 is 2.46 bits per heavy atom. The second-order valence-corrected chi connectivity index (χ2v) is 7.34. The highest BCUT2D eigenvalue weighted by Gasteiger charge is 2.51. The fourth-order valence-corrected chi connectivity index (χ4v) is 3.41. The van der Waals surface area contributed by atoms with Gasteiger partial charge in [0.2, 0.25) is 5.91 Å². The molecular formula is C22H19ClN2O3. The number of hydrogen-bond acceptors (Lipinski definition) is 3. The van der Waals surface area contributed by atoms with Crippen molar-refractivity contribution < 1.29 is 14.0 Å². The van der Waals surface area contributed by atoms with Gasteiger partial charge in [-0.1, -0.05) is 35.9 Å². The van der Waals surface area contributed by atoms with Crippen LogP contribution in [0.15, 0.2) is 71.3 Å². The molecule has 0 radical (unpaired) electrons. The average Bonchev–Trinajstić information content (AvgIpc) is 3.33. The molecule has 0 atom stereocenters. The van der Waals surface area contributed by atoms with Gasteiger partial charge >= 0.3 is 0 Å². The largest absolute Gasteiger partial charge is 0.459 e. The summed E-state index contributed by atoms with van der Waals surface area (Å²) < 4.78 is 5.07. The van der Waals surface area contributed by atoms with Crippen molar-refractivity contribution in [3.63, 3.8) is 0 Å². The molecule has 3 aromatic rings. The Morgan fingerprint density at radius 2 is 1.82 bits per heavy atom. The monoisotopic (exact) mass is 394 g/mol. The summed E-state index contributed by atoms with van der Waals surface area (Å²) in [6, 6.07) is 18.1. The third kappa shape index (κ3) is 3.80. The fraction of sp³-hybridized carbons (Fsp3) is 0.182. The number of nitrogens with one attached hydrogen (secondary N) is 2. The van der Waals surface area contributed by atoms with Gasteiger partial charge in [-0.3, -0.25) is 9.59 Å². The molecule has 1 aliphatic carbocycles. The Bertz CT molecular complexity index is 993. The third-order valence-electron chi connectivity index (χ3n) is 4.97. The fourth-order valence-electron chi connectivity index (χ4n) is 3.22. The Balaban J connectivity index is 1.35. The van der Waals surface area contributed by atoms with Crippen LogP contribution in [0.2, 0.25) is 5.02 Å². The second kappa shape index (κ2) is 7.52. The van der Waals surface area contributed by atoms with Crippen LogP contribution in [0.25, 0.3) is 0 Å². The summed E-state index contributed by atoms with van der Waals surface area (Å²) in [5.41, 5.74) is 2.12. The highest BCUT2D eigenvalue weighted by Crippen LogP contribution is 2.48. The molecule has 0 unspecified atom stereocenters. The van der Waals surface area contributed by atoms with E-state index in [9.17, 15) is 9.59 Å². The first-order chi connectivity index (χ1) is 13.6. The second-order valence-electron chi connectivity index (χ2n) is 6.90. The van der Waals surface area contributed by atoms with Crippen molar-refractivity contribution in [2.24, 2.45) is 0 Å². The molecular weight excluding hydrogens is 376 g/mol. The van der Waals surface area contributed by atoms with Gasteiger partial charge in [-0.25, -0.2) is 0 Å². The predicted octanol–water partition coefficient (Wildman–Crippen LogP) is 4.53. The lowest BCUT2D eigenvalue weighted by atomic mass is 9.95. The molecule has 2 amide bonds. The lowest BCUT2D eigenvalue weighted by Crippen LogP contribution is -2.34. The average molecular weight is 395 g/mol. The van der Waals surface area contributed by atoms with Crippen molar-refractivity contribution in [3.05, 3.63) is 88.8 Å². The highest BCUT2D eigenvalue weighted by atomic mass is 35.5. The molecule has 2 aromatic carbocycles. The summed E-state index contributed by atoms with van der Waals surface area (Å²) in [7, 11) is 0. The van der Waals surface area contributed by atoms with E-state index < -0.39 is 5.41 Å². The number of carbonyl (C=O) groups excluding carboxylic acids is 2. The normalized spacial score (nSPS) is 14.3. The summed E-state index contributed by atoms with van der Waals surface area (Å²) in [6.07, 6.45) is 3.12. The van der Waals surface area contributed by atoms with Crippen molar-refractivity contribution >= 4 is 29.1 Å². The number of furan rings is 1. The van der Waals surface area contributed by atoms with Gasteiger partial charge in [0.05, 0.1) is 11.7 Å². The summed E-state index contributed by atoms with van der Waals surface area (Å²) in [6.45, 7) is 0.424. The number of halogens is 1. The molecule has 0 bridgehead atoms. The van der Waals surface area contributed by atoms with Crippen LogP contribution in [-0.4, -0.2) is 11.8 Å². The van der Waals surface area contributed by atoms with Gasteiger partial charge in [0, 0.05) is 17.3 Å². The zero-order chi connectivity index (χ0) is 19.6. The van der Waals surface area contributed by atoms with E-state index in [4.69, 9.17) is 16.0 Å². The Labute approximate surface area is 167 Å². The van der Waals surface area contributed by atoms with Gasteiger partial charge < -0.3 is 15.1 Å². The maximum atomic E-state index is 12.7. The number of benzene rings is 2. The first kappa shape index (κ1) is 18.3. The van der Waals surface area contributed by atoms with Crippen LogP contribution >= 0.6 is 11.6 Å². The summed E-state index contributed by atoms with van der Waals surface area (Å²) >= 11 is 6.07. The van der Waals surface area contributed by atoms with Crippen LogP contribution in [0.4, 0.5) is 5.69 Å². The van der Waals surface area contributed by atoms with Gasteiger partial charge in [-0.05, 0) is 60.4 Å². The molecule has 1 saturated carbocycles. The quantitative estimate of drug-likeness (QED) is 0.645. The Kier molecular flexibility index (Phi) is 4.92. The molecule has 4 rings (SSSR count). The van der Waals surface area contributed by atoms with E-state index in [2.05, 4.69) is 10.6 Å². The molecule has 0 spiro atoms. The van der Waals surface area contributed by atoms with Crippen molar-refractivity contribution in [2.75, 3.05) is 5.32 Å². The van der Waals surface area contributed by atoms with Gasteiger partial charge in [0.25, 0.3) is 5.91 Å². The van der Waals surface area contributed by atoms with E-state index in [1.807, 2.05) is 36.4 Å². The van der Waals surface area contributed by atoms with Crippen molar-refractivity contribution in [3.8, 4) is 0 Å². The minimum Gasteiger partial charge on any atom is -0.459 e. The van der Waals surface area contributed by atoms with Crippen LogP contribution < -0.4 is 10.6 Å². The van der Waals surface area contributed by atoms with Gasteiger partial charge in [-0.15, -0.1) is 0 Å². The maximum absolute atomic E-state index is 12.7. The lowest BCUT2D eigenvalue weighted by Gasteiger charge is -2.16. The molecule has 1 aliphatic rings. The van der Waals surface area contributed by atoms with Crippen molar-refractivity contribution in [1.82, 2.24) is 5.32 Å². The zero-order valence-electron chi connectivity index (χ0n) is 15.1. The summed E-state index contributed by atoms with van der Waals surface area (Å²) in [5.74, 6) is -0.0275. The third-order valence-corrected chi connectivity index (χ3v) is 5.21. The van der Waals surface area contributed by atoms with Crippen LogP contribution in [0.1, 0.15) is 34.5 Å². The maximum Gasteiger partial charge on any atom is 0.291 e. The SMILES string of the molecule is O=C(Nc1ccc(CNC(=O)C2(c3cccc(Cl)c3)CC2)cc1)c1ccco1. The molecule has 142 valence electrons. The van der Waals surface area contributed by atoms with Crippen LogP contribution in [0, 0.1) is 0 Å². The molecule has 2 N–H and O–H groups in total. The van der Waals surface area contributed by atoms with Gasteiger partial charge in [0.15, 0.2) is 5.76 Å². The Morgan fingerprint density at radius 1 is 1.04 bits per heavy atom. The van der Waals surface area contributed by atoms with E-state index in [0.717, 1.165) is 24.0 Å². The molecule has 1 heterocycles. The molecule has 6 heteroatoms. The van der Waals surface area contributed by atoms with E-state index in [1.54, 1.807) is 24.3 Å². The minimum absolute atomic E-state index is 0.0185. The molecule has 28 heavy (non-hydrogen) atoms. The molecule has 0 saturated heterocycles. The van der Waals surface area contributed by atoms with E-state index in [0.29, 0.717) is 17.3 Å². The summed E-state index contributed by atoms with van der Waals surface area (Å²) in [4.78, 5) is 24.7. The predicted molar refractivity (Wildman–Crippen MR) is 107 cm³/mol. The van der Waals surface area contributed by atoms with Crippen molar-refractivity contribution in [1.29, 1.82) is 0 Å². The van der Waals surface area contributed by atoms with Gasteiger partial charge in [0.1, 0.15) is 0 Å². The zero-order valence-corrected chi connectivity index (χ0v) is 15.8. The minimum atomic E-state index is -0.456. The molecule has 5 nitrogen and oxygen atoms in total. The topological polar surface area (TPSA) is 71.3 Å². The number of anilines is 1. The molecule has 0 aliphatic heterocycles. The number of amides is 2. The van der Waals surface area contributed by atoms with Crippen molar-refractivity contribution in [2.45, 2.75) is 24.8 Å². The molecule has 1 fully saturated rings. The van der Waals surface area contributed by atoms with E-state index in [1.165, 1.54) is 6.26 Å². The Hall–Kier alpha value is -3.05. The molecule has 1 aromatic heterocycles. The van der Waals surface area contributed by atoms with Crippen LogP contribution in [0.5, 0.6) is 0 Å². The number of rotatable bonds is 6. The van der Waals surface area contributed by atoms with E-state index >= 15 is 0 Å². The smallest absolute Gasteiger partial charge is 0.291 e. The van der Waals surface area contributed by atoms with Crippen LogP contribution in [0.3, 0.4) is 0 Å². The van der Waals surface area contributed by atoms with Crippen LogP contribution in [-0.2, 0) is 16.8 Å². The lowest BCUT2D eigenvalue weighted by molar-refractivity contribution is -0.123. The number of hydrogen-bond donors (Lipinski definition) is 2. The summed E-state index contributed by atoms with van der Waals surface area (Å²) in [5, 5.41) is 6.43. The van der Waals surface area contributed by atoms with Gasteiger partial charge in [-0.2, -0.15) is 0 Å². The first-order valence-corrected chi connectivity index (χ1v) is 9.43. The van der Waals surface area contributed by atoms with E-state index in [-0.39, 0.29) is 17.6 Å². The standard InChI is InChI=1S/C22H19ClN2O3/c23-17-4-1-3-16(13-17)22(10-11-22)21(27)24-14-15-6-8-18(9-7-15)25-20(26)19-5-2-12-28-19/h1-9,12-13H,10-11,14H2,(H,24,27)(H,25,26). The highest BCUT2D eigenvalue weighted by molar-refractivity contribution is 6.30. The first-order valence-electron chi connectivity index (χ1n) is 9.05.